The van der Waals surface area contributed by atoms with Crippen LogP contribution in [0, 0.1) is 12.3 Å². The van der Waals surface area contributed by atoms with Crippen molar-refractivity contribution in [2.24, 2.45) is 0 Å². The predicted octanol–water partition coefficient (Wildman–Crippen LogP) is 1.92. The van der Waals surface area contributed by atoms with Gasteiger partial charge >= 0.3 is 0 Å². The van der Waals surface area contributed by atoms with E-state index in [1.807, 2.05) is 24.3 Å². The van der Waals surface area contributed by atoms with E-state index in [1.54, 1.807) is 6.92 Å². The second-order valence-electron chi connectivity index (χ2n) is 5.96. The lowest BCUT2D eigenvalue weighted by Gasteiger charge is -2.10. The Bertz CT molecular complexity index is 780. The molecule has 3 N–H and O–H groups in total. The van der Waals surface area contributed by atoms with Crippen molar-refractivity contribution in [3.8, 4) is 18.1 Å². The summed E-state index contributed by atoms with van der Waals surface area (Å²) in [7, 11) is 0. The molecule has 0 aliphatic heterocycles. The Morgan fingerprint density at radius 2 is 2.04 bits per heavy atom. The standard InChI is InChI=1S/C18H23N5O2S/c1-5-10-20-17(24)13(4)26-18-22-21-16(23(18)19)11-25-15-8-6-14(7-9-15)12(2)3/h1,6-9,12-13H,10-11,19H2,2-4H3,(H,20,24). The molecular weight excluding hydrogens is 350 g/mol. The van der Waals surface area contributed by atoms with Crippen LogP contribution in [-0.4, -0.2) is 32.6 Å². The fourth-order valence-electron chi connectivity index (χ4n) is 2.08. The summed E-state index contributed by atoms with van der Waals surface area (Å²) < 4.78 is 7.04. The first-order valence-corrected chi connectivity index (χ1v) is 9.10. The smallest absolute Gasteiger partial charge is 0.234 e. The lowest BCUT2D eigenvalue weighted by Crippen LogP contribution is -2.31. The van der Waals surface area contributed by atoms with Crippen LogP contribution in [0.2, 0.25) is 0 Å². The van der Waals surface area contributed by atoms with E-state index in [9.17, 15) is 4.79 Å². The number of nitrogens with zero attached hydrogens (tertiary/aromatic N) is 3. The van der Waals surface area contributed by atoms with Crippen molar-refractivity contribution in [3.63, 3.8) is 0 Å². The van der Waals surface area contributed by atoms with Crippen LogP contribution >= 0.6 is 11.8 Å². The molecule has 8 heteroatoms. The third-order valence-corrected chi connectivity index (χ3v) is 4.72. The maximum Gasteiger partial charge on any atom is 0.234 e. The van der Waals surface area contributed by atoms with Gasteiger partial charge in [-0.25, -0.2) is 4.68 Å². The van der Waals surface area contributed by atoms with E-state index in [1.165, 1.54) is 22.0 Å². The fourth-order valence-corrected chi connectivity index (χ4v) is 2.89. The van der Waals surface area contributed by atoms with Gasteiger partial charge < -0.3 is 15.9 Å². The van der Waals surface area contributed by atoms with E-state index in [2.05, 4.69) is 35.3 Å². The van der Waals surface area contributed by atoms with Crippen LogP contribution in [0.1, 0.15) is 38.1 Å². The SMILES string of the molecule is C#CCNC(=O)C(C)Sc1nnc(COc2ccc(C(C)C)cc2)n1N. The number of amides is 1. The maximum absolute atomic E-state index is 11.9. The van der Waals surface area contributed by atoms with E-state index >= 15 is 0 Å². The van der Waals surface area contributed by atoms with Crippen LogP contribution in [0.25, 0.3) is 0 Å². The summed E-state index contributed by atoms with van der Waals surface area (Å²) in [6.07, 6.45) is 5.13. The van der Waals surface area contributed by atoms with E-state index in [0.717, 1.165) is 5.75 Å². The average Bonchev–Trinajstić information content (AvgIpc) is 2.98. The summed E-state index contributed by atoms with van der Waals surface area (Å²) in [6, 6.07) is 7.90. The third-order valence-electron chi connectivity index (χ3n) is 3.67. The highest BCUT2D eigenvalue weighted by molar-refractivity contribution is 8.00. The van der Waals surface area contributed by atoms with Gasteiger partial charge in [-0.15, -0.1) is 16.6 Å². The molecule has 0 fully saturated rings. The minimum atomic E-state index is -0.396. The zero-order valence-corrected chi connectivity index (χ0v) is 15.9. The zero-order chi connectivity index (χ0) is 19.1. The Kier molecular flexibility index (Phi) is 6.92. The number of nitrogens with one attached hydrogen (secondary N) is 1. The Hall–Kier alpha value is -2.66. The summed E-state index contributed by atoms with van der Waals surface area (Å²) in [5, 5.41) is 10.7. The van der Waals surface area contributed by atoms with Gasteiger partial charge in [0.15, 0.2) is 5.82 Å². The van der Waals surface area contributed by atoms with Gasteiger partial charge in [-0.3, -0.25) is 4.79 Å². The van der Waals surface area contributed by atoms with Gasteiger partial charge in [-0.2, -0.15) is 0 Å². The Balaban J connectivity index is 1.94. The number of rotatable bonds is 8. The fraction of sp³-hybridized carbons (Fsp3) is 0.389. The molecule has 2 rings (SSSR count). The summed E-state index contributed by atoms with van der Waals surface area (Å²) in [5.41, 5.74) is 1.25. The number of nitrogens with two attached hydrogens (primary N) is 1. The number of carbonyl (C=O) groups excluding carboxylic acids is 1. The molecule has 1 aromatic heterocycles. The molecule has 0 spiro atoms. The van der Waals surface area contributed by atoms with Gasteiger partial charge in [-0.1, -0.05) is 43.7 Å². The largest absolute Gasteiger partial charge is 0.486 e. The third kappa shape index (κ3) is 5.17. The van der Waals surface area contributed by atoms with Gasteiger partial charge in [0.1, 0.15) is 12.4 Å². The van der Waals surface area contributed by atoms with E-state index in [4.69, 9.17) is 17.0 Å². The lowest BCUT2D eigenvalue weighted by molar-refractivity contribution is -0.120. The minimum Gasteiger partial charge on any atom is -0.486 e. The van der Waals surface area contributed by atoms with Crippen molar-refractivity contribution < 1.29 is 9.53 Å². The molecule has 1 atom stereocenters. The maximum atomic E-state index is 11.9. The number of thioether (sulfide) groups is 1. The molecular formula is C18H23N5O2S. The minimum absolute atomic E-state index is 0.181. The number of terminal acetylenes is 1. The van der Waals surface area contributed by atoms with Gasteiger partial charge in [0.05, 0.1) is 11.8 Å². The van der Waals surface area contributed by atoms with Crippen molar-refractivity contribution in [3.05, 3.63) is 35.7 Å². The van der Waals surface area contributed by atoms with Crippen LogP contribution in [0.3, 0.4) is 0 Å². The predicted molar refractivity (Wildman–Crippen MR) is 102 cm³/mol. The number of aromatic nitrogens is 3. The molecule has 1 aromatic carbocycles. The zero-order valence-electron chi connectivity index (χ0n) is 15.1. The Labute approximate surface area is 157 Å². The first-order valence-electron chi connectivity index (χ1n) is 8.22. The summed E-state index contributed by atoms with van der Waals surface area (Å²) in [4.78, 5) is 11.9. The number of hydrogen-bond acceptors (Lipinski definition) is 6. The highest BCUT2D eigenvalue weighted by Crippen LogP contribution is 2.22. The molecule has 0 saturated heterocycles. The molecule has 0 saturated carbocycles. The molecule has 7 nitrogen and oxygen atoms in total. The van der Waals surface area contributed by atoms with Gasteiger partial charge in [0.2, 0.25) is 11.1 Å². The Morgan fingerprint density at radius 1 is 1.35 bits per heavy atom. The van der Waals surface area contributed by atoms with Crippen molar-refractivity contribution >= 4 is 17.7 Å². The Morgan fingerprint density at radius 3 is 2.65 bits per heavy atom. The molecule has 0 aliphatic rings. The number of hydrogen-bond donors (Lipinski definition) is 2. The molecule has 26 heavy (non-hydrogen) atoms. The van der Waals surface area contributed by atoms with Crippen molar-refractivity contribution in [1.29, 1.82) is 0 Å². The summed E-state index contributed by atoms with van der Waals surface area (Å²) >= 11 is 1.20. The monoisotopic (exact) mass is 373 g/mol. The highest BCUT2D eigenvalue weighted by atomic mass is 32.2. The quantitative estimate of drug-likeness (QED) is 0.417. The average molecular weight is 373 g/mol. The molecule has 138 valence electrons. The van der Waals surface area contributed by atoms with Crippen LogP contribution in [0.5, 0.6) is 5.75 Å². The second-order valence-corrected chi connectivity index (χ2v) is 7.27. The number of nitrogen functional groups attached to an aromatic ring is 1. The molecule has 1 amide bonds. The van der Waals surface area contributed by atoms with Gasteiger partial charge in [0.25, 0.3) is 0 Å². The highest BCUT2D eigenvalue weighted by Gasteiger charge is 2.19. The molecule has 0 radical (unpaired) electrons. The van der Waals surface area contributed by atoms with Crippen molar-refractivity contribution in [1.82, 2.24) is 20.2 Å². The van der Waals surface area contributed by atoms with E-state index in [-0.39, 0.29) is 19.1 Å². The van der Waals surface area contributed by atoms with E-state index in [0.29, 0.717) is 16.9 Å². The topological polar surface area (TPSA) is 95.1 Å². The van der Waals surface area contributed by atoms with Crippen molar-refractivity contribution in [2.45, 2.75) is 43.7 Å². The summed E-state index contributed by atoms with van der Waals surface area (Å²) in [5.74, 6) is 9.85. The molecule has 0 bridgehead atoms. The summed E-state index contributed by atoms with van der Waals surface area (Å²) in [6.45, 7) is 6.40. The number of benzene rings is 1. The normalized spacial score (nSPS) is 11.8. The first-order chi connectivity index (χ1) is 12.4. The second kappa shape index (κ2) is 9.15. The van der Waals surface area contributed by atoms with Gasteiger partial charge in [0, 0.05) is 0 Å². The van der Waals surface area contributed by atoms with Crippen LogP contribution < -0.4 is 15.9 Å². The number of carbonyl (C=O) groups is 1. The first kappa shape index (κ1) is 19.7. The van der Waals surface area contributed by atoms with Crippen molar-refractivity contribution in [2.75, 3.05) is 12.4 Å². The molecule has 1 heterocycles. The van der Waals surface area contributed by atoms with Crippen LogP contribution in [0.15, 0.2) is 29.4 Å². The van der Waals surface area contributed by atoms with Gasteiger partial charge in [-0.05, 0) is 30.5 Å². The number of ether oxygens (including phenoxy) is 1. The van der Waals surface area contributed by atoms with E-state index < -0.39 is 5.25 Å². The van der Waals surface area contributed by atoms with Crippen LogP contribution in [0.4, 0.5) is 0 Å². The molecule has 0 aliphatic carbocycles. The van der Waals surface area contributed by atoms with Crippen LogP contribution in [-0.2, 0) is 11.4 Å². The molecule has 2 aromatic rings. The molecule has 1 unspecified atom stereocenters. The lowest BCUT2D eigenvalue weighted by atomic mass is 10.0.